The molecule has 2 aliphatic rings. The van der Waals surface area contributed by atoms with E-state index in [-0.39, 0.29) is 48.6 Å². The highest BCUT2D eigenvalue weighted by molar-refractivity contribution is 6.26. The van der Waals surface area contributed by atoms with E-state index in [1.165, 1.54) is 6.07 Å². The zero-order chi connectivity index (χ0) is 39.2. The molecule has 0 saturated carbocycles. The highest BCUT2D eigenvalue weighted by Crippen LogP contribution is 2.32. The number of carbonyl (C=O) groups excluding carboxylic acids is 6. The van der Waals surface area contributed by atoms with Gasteiger partial charge in [-0.3, -0.25) is 34.2 Å². The Kier molecular flexibility index (Phi) is 20.3. The molecule has 17 heteroatoms. The normalized spacial score (nSPS) is 15.8. The van der Waals surface area contributed by atoms with Crippen molar-refractivity contribution in [3.8, 4) is 0 Å². The second-order valence-corrected chi connectivity index (χ2v) is 13.3. The molecule has 1 aromatic rings. The standard InChI is InChI=1S/C37H55N3O14/c1-37(2,3)54-32(43)26-53-25-24-52-23-22-51-21-20-50-19-18-49-17-16-48-15-14-47-13-6-4-5-10-30(41)38-28-9-7-8-27-33(28)36(46)40(35(27)45)29-11-12-31(42)39-34(29)44/h7-9,29H,4-6,10-26H2,1-3H3,(H,38,41)(H,39,42,44). The molecule has 3 rings (SSSR count). The molecule has 2 heterocycles. The van der Waals surface area contributed by atoms with Crippen LogP contribution in [0.15, 0.2) is 18.2 Å². The quantitative estimate of drug-likeness (QED) is 0.0713. The molecule has 0 spiro atoms. The monoisotopic (exact) mass is 765 g/mol. The average Bonchev–Trinajstić information content (AvgIpc) is 3.37. The Hall–Kier alpha value is -3.84. The van der Waals surface area contributed by atoms with E-state index in [1.807, 2.05) is 0 Å². The molecule has 1 unspecified atom stereocenters. The minimum absolute atomic E-state index is 0.0263. The van der Waals surface area contributed by atoms with Gasteiger partial charge in [-0.05, 0) is 52.2 Å². The van der Waals surface area contributed by atoms with Crippen LogP contribution in [0.5, 0.6) is 0 Å². The maximum atomic E-state index is 13.2. The molecule has 1 saturated heterocycles. The Morgan fingerprint density at radius 3 is 1.80 bits per heavy atom. The SMILES string of the molecule is CC(C)(C)OC(=O)COCCOCCOCCOCCOCCOCCOCCCCCC(=O)Nc1cccc2c1C(=O)N(C1CCC(=O)NC1=O)C2=O. The number of amides is 5. The van der Waals surface area contributed by atoms with E-state index in [0.29, 0.717) is 92.3 Å². The second-order valence-electron chi connectivity index (χ2n) is 13.3. The van der Waals surface area contributed by atoms with Crippen LogP contribution in [0.4, 0.5) is 5.69 Å². The third-order valence-electron chi connectivity index (χ3n) is 7.81. The van der Waals surface area contributed by atoms with Gasteiger partial charge >= 0.3 is 5.97 Å². The fourth-order valence-corrected chi connectivity index (χ4v) is 5.34. The number of nitrogens with zero attached hydrogens (tertiary/aromatic N) is 1. The van der Waals surface area contributed by atoms with Gasteiger partial charge in [-0.25, -0.2) is 4.79 Å². The number of unbranched alkanes of at least 4 members (excludes halogenated alkanes) is 2. The minimum atomic E-state index is -1.08. The van der Waals surface area contributed by atoms with Gasteiger partial charge in [-0.1, -0.05) is 12.5 Å². The molecule has 1 atom stereocenters. The highest BCUT2D eigenvalue weighted by atomic mass is 16.6. The Morgan fingerprint density at radius 2 is 1.26 bits per heavy atom. The molecule has 54 heavy (non-hydrogen) atoms. The van der Waals surface area contributed by atoms with Gasteiger partial charge in [0.1, 0.15) is 18.2 Å². The summed E-state index contributed by atoms with van der Waals surface area (Å²) in [5.74, 6) is -3.13. The van der Waals surface area contributed by atoms with Crippen molar-refractivity contribution < 1.29 is 66.7 Å². The molecule has 2 N–H and O–H groups in total. The highest BCUT2D eigenvalue weighted by Gasteiger charge is 2.45. The fraction of sp³-hybridized carbons (Fsp3) is 0.676. The third kappa shape index (κ3) is 16.7. The number of hydrogen-bond donors (Lipinski definition) is 2. The zero-order valence-corrected chi connectivity index (χ0v) is 31.6. The van der Waals surface area contributed by atoms with E-state index in [0.717, 1.165) is 17.7 Å². The van der Waals surface area contributed by atoms with Gasteiger partial charge in [0.15, 0.2) is 0 Å². The van der Waals surface area contributed by atoms with Crippen molar-refractivity contribution in [1.82, 2.24) is 10.2 Å². The third-order valence-corrected chi connectivity index (χ3v) is 7.81. The van der Waals surface area contributed by atoms with Gasteiger partial charge in [0.25, 0.3) is 11.8 Å². The maximum Gasteiger partial charge on any atom is 0.332 e. The van der Waals surface area contributed by atoms with Crippen LogP contribution in [-0.2, 0) is 57.1 Å². The summed E-state index contributed by atoms with van der Waals surface area (Å²) >= 11 is 0. The first-order valence-electron chi connectivity index (χ1n) is 18.4. The number of hydrogen-bond acceptors (Lipinski definition) is 14. The van der Waals surface area contributed by atoms with E-state index >= 15 is 0 Å². The Bertz CT molecular complexity index is 1380. The van der Waals surface area contributed by atoms with E-state index in [4.69, 9.17) is 37.9 Å². The van der Waals surface area contributed by atoms with Gasteiger partial charge in [-0.15, -0.1) is 0 Å². The lowest BCUT2D eigenvalue weighted by atomic mass is 10.0. The van der Waals surface area contributed by atoms with Crippen molar-refractivity contribution in [1.29, 1.82) is 0 Å². The Balaban J connectivity index is 1.07. The summed E-state index contributed by atoms with van der Waals surface area (Å²) in [7, 11) is 0. The largest absolute Gasteiger partial charge is 0.458 e. The first-order chi connectivity index (χ1) is 26.0. The summed E-state index contributed by atoms with van der Waals surface area (Å²) in [5, 5.41) is 4.90. The molecule has 2 aliphatic heterocycles. The first kappa shape index (κ1) is 44.6. The molecule has 17 nitrogen and oxygen atoms in total. The van der Waals surface area contributed by atoms with Crippen molar-refractivity contribution in [2.45, 2.75) is 70.9 Å². The molecule has 0 radical (unpaired) electrons. The van der Waals surface area contributed by atoms with Gasteiger partial charge in [-0.2, -0.15) is 0 Å². The smallest absolute Gasteiger partial charge is 0.332 e. The minimum Gasteiger partial charge on any atom is -0.458 e. The second kappa shape index (κ2) is 24.5. The predicted molar refractivity (Wildman–Crippen MR) is 192 cm³/mol. The number of rotatable bonds is 28. The summed E-state index contributed by atoms with van der Waals surface area (Å²) in [5.41, 5.74) is -0.157. The summed E-state index contributed by atoms with van der Waals surface area (Å²) in [6.07, 6.45) is 2.43. The molecule has 302 valence electrons. The van der Waals surface area contributed by atoms with Crippen LogP contribution >= 0.6 is 0 Å². The number of ether oxygens (including phenoxy) is 8. The molecule has 0 aromatic heterocycles. The van der Waals surface area contributed by atoms with Crippen molar-refractivity contribution in [2.24, 2.45) is 0 Å². The molecular formula is C37H55N3O14. The van der Waals surface area contributed by atoms with Crippen LogP contribution < -0.4 is 10.6 Å². The molecular weight excluding hydrogens is 710 g/mol. The molecule has 1 aromatic carbocycles. The topological polar surface area (TPSA) is 204 Å². The Labute approximate surface area is 315 Å². The van der Waals surface area contributed by atoms with Gasteiger partial charge in [0.05, 0.1) is 96.1 Å². The van der Waals surface area contributed by atoms with E-state index in [2.05, 4.69) is 10.6 Å². The number of anilines is 1. The summed E-state index contributed by atoms with van der Waals surface area (Å²) < 4.78 is 43.2. The van der Waals surface area contributed by atoms with Gasteiger partial charge in [0.2, 0.25) is 17.7 Å². The average molecular weight is 766 g/mol. The van der Waals surface area contributed by atoms with Crippen LogP contribution in [-0.4, -0.2) is 145 Å². The lowest BCUT2D eigenvalue weighted by Gasteiger charge is -2.27. The number of benzene rings is 1. The maximum absolute atomic E-state index is 13.2. The summed E-state index contributed by atoms with van der Waals surface area (Å²) in [6, 6.07) is 3.52. The predicted octanol–water partition coefficient (Wildman–Crippen LogP) is 2.04. The van der Waals surface area contributed by atoms with Crippen LogP contribution in [0, 0.1) is 0 Å². The van der Waals surface area contributed by atoms with Gasteiger partial charge in [0, 0.05) is 19.4 Å². The van der Waals surface area contributed by atoms with Crippen molar-refractivity contribution in [2.75, 3.05) is 97.8 Å². The van der Waals surface area contributed by atoms with Gasteiger partial charge < -0.3 is 43.2 Å². The van der Waals surface area contributed by atoms with Crippen molar-refractivity contribution in [3.63, 3.8) is 0 Å². The number of nitrogens with one attached hydrogen (secondary N) is 2. The van der Waals surface area contributed by atoms with Crippen LogP contribution in [0.1, 0.15) is 80.0 Å². The van der Waals surface area contributed by atoms with Crippen molar-refractivity contribution in [3.05, 3.63) is 29.3 Å². The summed E-state index contributed by atoms with van der Waals surface area (Å²) in [6.45, 7) is 10.9. The van der Waals surface area contributed by atoms with E-state index in [9.17, 15) is 28.8 Å². The number of fused-ring (bicyclic) bond motifs is 1. The first-order valence-corrected chi connectivity index (χ1v) is 18.4. The summed E-state index contributed by atoms with van der Waals surface area (Å²) in [4.78, 5) is 75.0. The number of esters is 1. The Morgan fingerprint density at radius 1 is 0.722 bits per heavy atom. The zero-order valence-electron chi connectivity index (χ0n) is 31.6. The van der Waals surface area contributed by atoms with Crippen LogP contribution in [0.3, 0.4) is 0 Å². The van der Waals surface area contributed by atoms with Crippen molar-refractivity contribution >= 4 is 41.2 Å². The molecule has 1 fully saturated rings. The van der Waals surface area contributed by atoms with E-state index < -0.39 is 41.2 Å². The van der Waals surface area contributed by atoms with Crippen LogP contribution in [0.25, 0.3) is 0 Å². The lowest BCUT2D eigenvalue weighted by Crippen LogP contribution is -2.54. The molecule has 0 aliphatic carbocycles. The number of imide groups is 2. The number of piperidine rings is 1. The fourth-order valence-electron chi connectivity index (χ4n) is 5.34. The van der Waals surface area contributed by atoms with Crippen LogP contribution in [0.2, 0.25) is 0 Å². The van der Waals surface area contributed by atoms with E-state index in [1.54, 1.807) is 32.9 Å². The molecule has 5 amide bonds. The number of carbonyl (C=O) groups is 6. The molecule has 0 bridgehead atoms. The lowest BCUT2D eigenvalue weighted by molar-refractivity contribution is -0.160.